The number of nitrogens with zero attached hydrogens (tertiary/aromatic N) is 2. The summed E-state index contributed by atoms with van der Waals surface area (Å²) in [7, 11) is 0. The Morgan fingerprint density at radius 3 is 2.36 bits per heavy atom. The Kier molecular flexibility index (Phi) is 2.21. The first-order valence-corrected chi connectivity index (χ1v) is 4.78. The average Bonchev–Trinajstić information content (AvgIpc) is 2.49. The quantitative estimate of drug-likeness (QED) is 0.726. The van der Waals surface area contributed by atoms with Gasteiger partial charge in [-0.15, -0.1) is 0 Å². The number of rotatable bonds is 1. The van der Waals surface area contributed by atoms with Crippen molar-refractivity contribution >= 4 is 12.2 Å². The van der Waals surface area contributed by atoms with E-state index in [4.69, 9.17) is 12.2 Å². The first kappa shape index (κ1) is 9.15. The molecule has 0 unspecified atom stereocenters. The molecule has 1 aromatic carbocycles. The summed E-state index contributed by atoms with van der Waals surface area (Å²) in [5, 5.41) is 6.63. The van der Waals surface area contributed by atoms with Crippen LogP contribution in [0, 0.1) is 18.6 Å². The molecule has 0 saturated heterocycles. The third-order valence-electron chi connectivity index (χ3n) is 2.04. The first-order chi connectivity index (χ1) is 6.66. The molecular weight excluding hydrogens is 194 g/mol. The predicted molar refractivity (Wildman–Crippen MR) is 58.2 cm³/mol. The van der Waals surface area contributed by atoms with E-state index in [1.807, 2.05) is 4.57 Å². The van der Waals surface area contributed by atoms with E-state index < -0.39 is 0 Å². The van der Waals surface area contributed by atoms with Gasteiger partial charge in [0.15, 0.2) is 4.77 Å². The normalized spacial score (nSPS) is 10.4. The fourth-order valence-corrected chi connectivity index (χ4v) is 1.73. The van der Waals surface area contributed by atoms with Crippen molar-refractivity contribution in [2.75, 3.05) is 0 Å². The molecule has 2 aromatic rings. The number of hydrogen-bond acceptors (Lipinski definition) is 2. The second kappa shape index (κ2) is 3.38. The highest BCUT2D eigenvalue weighted by molar-refractivity contribution is 7.71. The maximum atomic E-state index is 5.10. The molecule has 0 amide bonds. The second-order valence-electron chi connectivity index (χ2n) is 3.38. The SMILES string of the molecule is Cc1cc(C)cc(-n2cn[nH]c2=S)c1. The van der Waals surface area contributed by atoms with Crippen LogP contribution in [0.4, 0.5) is 0 Å². The molecule has 0 atom stereocenters. The van der Waals surface area contributed by atoms with Gasteiger partial charge in [-0.3, -0.25) is 9.67 Å². The Balaban J connectivity index is 2.63. The maximum Gasteiger partial charge on any atom is 0.199 e. The number of benzene rings is 1. The summed E-state index contributed by atoms with van der Waals surface area (Å²) in [6.45, 7) is 4.14. The van der Waals surface area contributed by atoms with Gasteiger partial charge in [-0.1, -0.05) is 6.07 Å². The van der Waals surface area contributed by atoms with Gasteiger partial charge >= 0.3 is 0 Å². The van der Waals surface area contributed by atoms with Gasteiger partial charge in [-0.25, -0.2) is 0 Å². The minimum atomic E-state index is 0.620. The van der Waals surface area contributed by atoms with Crippen molar-refractivity contribution in [2.24, 2.45) is 0 Å². The van der Waals surface area contributed by atoms with Crippen LogP contribution in [0.25, 0.3) is 5.69 Å². The number of nitrogens with one attached hydrogen (secondary N) is 1. The number of aryl methyl sites for hydroxylation is 2. The Morgan fingerprint density at radius 1 is 1.21 bits per heavy atom. The summed E-state index contributed by atoms with van der Waals surface area (Å²) in [4.78, 5) is 0. The van der Waals surface area contributed by atoms with Crippen LogP contribution < -0.4 is 0 Å². The maximum absolute atomic E-state index is 5.10. The molecule has 0 radical (unpaired) electrons. The van der Waals surface area contributed by atoms with Gasteiger partial charge in [0.25, 0.3) is 0 Å². The van der Waals surface area contributed by atoms with Crippen molar-refractivity contribution < 1.29 is 0 Å². The summed E-state index contributed by atoms with van der Waals surface area (Å²) in [6.07, 6.45) is 1.69. The van der Waals surface area contributed by atoms with Gasteiger partial charge in [0.05, 0.1) is 0 Å². The Morgan fingerprint density at radius 2 is 1.86 bits per heavy atom. The summed E-state index contributed by atoms with van der Waals surface area (Å²) < 4.78 is 2.48. The lowest BCUT2D eigenvalue weighted by Crippen LogP contribution is -1.93. The average molecular weight is 205 g/mol. The molecule has 2 rings (SSSR count). The molecule has 0 aliphatic rings. The lowest BCUT2D eigenvalue weighted by Gasteiger charge is -2.04. The monoisotopic (exact) mass is 205 g/mol. The van der Waals surface area contributed by atoms with E-state index in [9.17, 15) is 0 Å². The zero-order valence-electron chi connectivity index (χ0n) is 8.11. The van der Waals surface area contributed by atoms with Crippen LogP contribution >= 0.6 is 12.2 Å². The number of hydrogen-bond donors (Lipinski definition) is 1. The Labute approximate surface area is 87.4 Å². The zero-order chi connectivity index (χ0) is 10.1. The molecule has 0 bridgehead atoms. The molecule has 1 aromatic heterocycles. The van der Waals surface area contributed by atoms with Crippen molar-refractivity contribution in [3.63, 3.8) is 0 Å². The van der Waals surface area contributed by atoms with Gasteiger partial charge in [-0.2, -0.15) is 5.10 Å². The van der Waals surface area contributed by atoms with Crippen LogP contribution in [0.5, 0.6) is 0 Å². The van der Waals surface area contributed by atoms with Crippen LogP contribution in [0.3, 0.4) is 0 Å². The molecule has 1 heterocycles. The smallest absolute Gasteiger partial charge is 0.199 e. The van der Waals surface area contributed by atoms with Crippen molar-refractivity contribution in [3.05, 3.63) is 40.4 Å². The Bertz CT molecular complexity index is 490. The molecular formula is C10H11N3S. The molecule has 72 valence electrons. The minimum Gasteiger partial charge on any atom is -0.275 e. The topological polar surface area (TPSA) is 33.6 Å². The van der Waals surface area contributed by atoms with E-state index in [1.54, 1.807) is 6.33 Å². The molecule has 0 saturated carbocycles. The predicted octanol–water partition coefficient (Wildman–Crippen LogP) is 2.55. The molecule has 0 aliphatic carbocycles. The summed E-state index contributed by atoms with van der Waals surface area (Å²) in [5.41, 5.74) is 3.51. The van der Waals surface area contributed by atoms with E-state index in [0.717, 1.165) is 5.69 Å². The van der Waals surface area contributed by atoms with Crippen molar-refractivity contribution in [1.29, 1.82) is 0 Å². The van der Waals surface area contributed by atoms with Crippen molar-refractivity contribution in [3.8, 4) is 5.69 Å². The standard InChI is InChI=1S/C10H11N3S/c1-7-3-8(2)5-9(4-7)13-6-11-12-10(13)14/h3-6H,1-2H3,(H,12,14). The third-order valence-corrected chi connectivity index (χ3v) is 2.32. The molecule has 4 heteroatoms. The fraction of sp³-hybridized carbons (Fsp3) is 0.200. The number of H-pyrrole nitrogens is 1. The molecule has 3 nitrogen and oxygen atoms in total. The van der Waals surface area contributed by atoms with Crippen molar-refractivity contribution in [1.82, 2.24) is 14.8 Å². The van der Waals surface area contributed by atoms with E-state index in [2.05, 4.69) is 42.2 Å². The van der Waals surface area contributed by atoms with Crippen LogP contribution in [0.15, 0.2) is 24.5 Å². The molecule has 0 aliphatic heterocycles. The molecule has 0 fully saturated rings. The van der Waals surface area contributed by atoms with E-state index in [0.29, 0.717) is 4.77 Å². The second-order valence-corrected chi connectivity index (χ2v) is 3.76. The highest BCUT2D eigenvalue weighted by atomic mass is 32.1. The molecule has 14 heavy (non-hydrogen) atoms. The number of aromatic nitrogens is 3. The van der Waals surface area contributed by atoms with Gasteiger partial charge in [0.1, 0.15) is 6.33 Å². The van der Waals surface area contributed by atoms with Crippen LogP contribution in [0.2, 0.25) is 0 Å². The third kappa shape index (κ3) is 1.61. The highest BCUT2D eigenvalue weighted by Gasteiger charge is 1.99. The first-order valence-electron chi connectivity index (χ1n) is 4.37. The van der Waals surface area contributed by atoms with Crippen LogP contribution in [-0.2, 0) is 0 Å². The van der Waals surface area contributed by atoms with Crippen LogP contribution in [0.1, 0.15) is 11.1 Å². The van der Waals surface area contributed by atoms with Gasteiger partial charge in [0, 0.05) is 5.69 Å². The molecule has 1 N–H and O–H groups in total. The van der Waals surface area contributed by atoms with Gasteiger partial charge in [-0.05, 0) is 49.3 Å². The lowest BCUT2D eigenvalue weighted by molar-refractivity contribution is 1.02. The van der Waals surface area contributed by atoms with Crippen LogP contribution in [-0.4, -0.2) is 14.8 Å². The van der Waals surface area contributed by atoms with E-state index in [-0.39, 0.29) is 0 Å². The Hall–Kier alpha value is -1.42. The summed E-state index contributed by atoms with van der Waals surface area (Å²) in [6, 6.07) is 6.30. The number of aromatic amines is 1. The lowest BCUT2D eigenvalue weighted by atomic mass is 10.1. The van der Waals surface area contributed by atoms with Gasteiger partial charge < -0.3 is 0 Å². The zero-order valence-corrected chi connectivity index (χ0v) is 8.93. The van der Waals surface area contributed by atoms with Gasteiger partial charge in [0.2, 0.25) is 0 Å². The summed E-state index contributed by atoms with van der Waals surface area (Å²) in [5.74, 6) is 0. The highest BCUT2D eigenvalue weighted by Crippen LogP contribution is 2.13. The van der Waals surface area contributed by atoms with E-state index >= 15 is 0 Å². The van der Waals surface area contributed by atoms with Crippen molar-refractivity contribution in [2.45, 2.75) is 13.8 Å². The van der Waals surface area contributed by atoms with E-state index in [1.165, 1.54) is 11.1 Å². The largest absolute Gasteiger partial charge is 0.275 e. The summed E-state index contributed by atoms with van der Waals surface area (Å²) >= 11 is 5.10. The molecule has 0 spiro atoms. The fourth-order valence-electron chi connectivity index (χ4n) is 1.52. The minimum absolute atomic E-state index is 0.620.